The molecule has 1 aliphatic heterocycles. The van der Waals surface area contributed by atoms with Gasteiger partial charge in [0.05, 0.1) is 17.3 Å². The molecule has 0 saturated heterocycles. The molecule has 1 aromatic heterocycles. The number of nitrogens with two attached hydrogens (primary N) is 1. The van der Waals surface area contributed by atoms with Crippen molar-refractivity contribution in [2.24, 2.45) is 0 Å². The highest BCUT2D eigenvalue weighted by Gasteiger charge is 2.20. The van der Waals surface area contributed by atoms with Gasteiger partial charge in [-0.25, -0.2) is 0 Å². The summed E-state index contributed by atoms with van der Waals surface area (Å²) in [5.74, 6) is 0.116. The highest BCUT2D eigenvalue weighted by molar-refractivity contribution is 5.93. The predicted molar refractivity (Wildman–Crippen MR) is 106 cm³/mol. The van der Waals surface area contributed by atoms with E-state index in [0.29, 0.717) is 11.3 Å². The molecule has 0 saturated carbocycles. The molecule has 0 aliphatic carbocycles. The molecule has 2 heterocycles. The van der Waals surface area contributed by atoms with E-state index in [4.69, 9.17) is 11.0 Å². The van der Waals surface area contributed by atoms with Crippen molar-refractivity contribution in [3.8, 4) is 17.3 Å². The van der Waals surface area contributed by atoms with E-state index < -0.39 is 0 Å². The molecule has 3 N–H and O–H groups in total. The summed E-state index contributed by atoms with van der Waals surface area (Å²) >= 11 is 0. The van der Waals surface area contributed by atoms with Crippen LogP contribution in [0.3, 0.4) is 0 Å². The fourth-order valence-electron chi connectivity index (χ4n) is 3.07. The standard InChI is InChI=1S/C14H15N3O.C7H6N2/c1-10(18)17-8-2-3-12-9-11(4-5-14(12)17)13-6-7-15-16-13;8-5-6-1-3-7(9)4-2-6/h4-7,9H,2-3,8H2,1H3,(H,15,16);1-4H,9H2. The van der Waals surface area contributed by atoms with Crippen LogP contribution in [0.2, 0.25) is 0 Å². The van der Waals surface area contributed by atoms with Gasteiger partial charge in [0.1, 0.15) is 0 Å². The minimum Gasteiger partial charge on any atom is -0.399 e. The third-order valence-corrected chi connectivity index (χ3v) is 4.43. The summed E-state index contributed by atoms with van der Waals surface area (Å²) in [7, 11) is 0. The highest BCUT2D eigenvalue weighted by Crippen LogP contribution is 2.30. The second-order valence-electron chi connectivity index (χ2n) is 6.32. The predicted octanol–water partition coefficient (Wildman–Crippen LogP) is 3.52. The molecule has 0 radical (unpaired) electrons. The second-order valence-corrected chi connectivity index (χ2v) is 6.32. The summed E-state index contributed by atoms with van der Waals surface area (Å²) in [4.78, 5) is 13.4. The maximum Gasteiger partial charge on any atom is 0.223 e. The summed E-state index contributed by atoms with van der Waals surface area (Å²) < 4.78 is 0. The summed E-state index contributed by atoms with van der Waals surface area (Å²) in [5.41, 5.74) is 11.1. The Balaban J connectivity index is 0.000000197. The Bertz CT molecular complexity index is 955. The molecular formula is C21H21N5O. The Hall–Kier alpha value is -3.59. The van der Waals surface area contributed by atoms with E-state index in [1.807, 2.05) is 29.2 Å². The van der Waals surface area contributed by atoms with Crippen molar-refractivity contribution in [2.45, 2.75) is 19.8 Å². The maximum absolute atomic E-state index is 11.6. The van der Waals surface area contributed by atoms with Gasteiger partial charge in [-0.15, -0.1) is 0 Å². The number of rotatable bonds is 1. The fourth-order valence-corrected chi connectivity index (χ4v) is 3.07. The Morgan fingerprint density at radius 2 is 2.00 bits per heavy atom. The first-order valence-electron chi connectivity index (χ1n) is 8.75. The average molecular weight is 359 g/mol. The molecule has 2 aromatic carbocycles. The molecule has 0 bridgehead atoms. The van der Waals surface area contributed by atoms with E-state index in [1.54, 1.807) is 37.4 Å². The van der Waals surface area contributed by atoms with Crippen molar-refractivity contribution in [1.82, 2.24) is 10.2 Å². The smallest absolute Gasteiger partial charge is 0.223 e. The highest BCUT2D eigenvalue weighted by atomic mass is 16.2. The van der Waals surface area contributed by atoms with Gasteiger partial charge in [-0.1, -0.05) is 6.07 Å². The molecule has 3 aromatic rings. The van der Waals surface area contributed by atoms with Gasteiger partial charge in [-0.2, -0.15) is 10.4 Å². The number of amides is 1. The van der Waals surface area contributed by atoms with Gasteiger partial charge in [0.2, 0.25) is 5.91 Å². The van der Waals surface area contributed by atoms with Crippen LogP contribution in [-0.2, 0) is 11.2 Å². The number of aromatic nitrogens is 2. The molecular weight excluding hydrogens is 338 g/mol. The third-order valence-electron chi connectivity index (χ3n) is 4.43. The molecule has 136 valence electrons. The minimum absolute atomic E-state index is 0.116. The molecule has 4 rings (SSSR count). The number of aromatic amines is 1. The maximum atomic E-state index is 11.6. The number of nitrogens with zero attached hydrogens (tertiary/aromatic N) is 3. The van der Waals surface area contributed by atoms with Crippen LogP contribution < -0.4 is 10.6 Å². The molecule has 0 spiro atoms. The largest absolute Gasteiger partial charge is 0.399 e. The molecule has 1 amide bonds. The zero-order chi connectivity index (χ0) is 19.2. The van der Waals surface area contributed by atoms with Crippen molar-refractivity contribution in [1.29, 1.82) is 5.26 Å². The van der Waals surface area contributed by atoms with Gasteiger partial charge in [0, 0.05) is 31.0 Å². The van der Waals surface area contributed by atoms with Gasteiger partial charge in [-0.3, -0.25) is 9.89 Å². The van der Waals surface area contributed by atoms with Crippen molar-refractivity contribution in [3.63, 3.8) is 0 Å². The molecule has 0 atom stereocenters. The number of benzene rings is 2. The summed E-state index contributed by atoms with van der Waals surface area (Å²) in [5, 5.41) is 15.3. The lowest BCUT2D eigenvalue weighted by Gasteiger charge is -2.28. The van der Waals surface area contributed by atoms with Crippen LogP contribution in [0.15, 0.2) is 54.7 Å². The summed E-state index contributed by atoms with van der Waals surface area (Å²) in [6, 6.07) is 17.0. The van der Waals surface area contributed by atoms with Crippen LogP contribution in [0.4, 0.5) is 11.4 Å². The Kier molecular flexibility index (Phi) is 5.53. The van der Waals surface area contributed by atoms with E-state index in [1.165, 1.54) is 5.56 Å². The van der Waals surface area contributed by atoms with E-state index in [2.05, 4.69) is 16.3 Å². The van der Waals surface area contributed by atoms with Gasteiger partial charge in [0.15, 0.2) is 0 Å². The Morgan fingerprint density at radius 3 is 2.63 bits per heavy atom. The van der Waals surface area contributed by atoms with Crippen molar-refractivity contribution < 1.29 is 4.79 Å². The van der Waals surface area contributed by atoms with E-state index in [9.17, 15) is 4.79 Å². The number of nitriles is 1. The zero-order valence-corrected chi connectivity index (χ0v) is 15.1. The van der Waals surface area contributed by atoms with Crippen LogP contribution in [0.5, 0.6) is 0 Å². The molecule has 6 heteroatoms. The lowest BCUT2D eigenvalue weighted by atomic mass is 9.98. The van der Waals surface area contributed by atoms with Crippen LogP contribution in [0, 0.1) is 11.3 Å². The van der Waals surface area contributed by atoms with Gasteiger partial charge in [0.25, 0.3) is 0 Å². The first-order chi connectivity index (χ1) is 13.1. The topological polar surface area (TPSA) is 98.8 Å². The number of hydrogen-bond acceptors (Lipinski definition) is 4. The SMILES string of the molecule is CC(=O)N1CCCc2cc(-c3ccn[nH]3)ccc21.N#Cc1ccc(N)cc1. The monoisotopic (exact) mass is 359 g/mol. The first kappa shape index (κ1) is 18.2. The van der Waals surface area contributed by atoms with Crippen LogP contribution in [0.1, 0.15) is 24.5 Å². The Morgan fingerprint density at radius 1 is 1.22 bits per heavy atom. The van der Waals surface area contributed by atoms with Gasteiger partial charge in [-0.05, 0) is 66.4 Å². The summed E-state index contributed by atoms with van der Waals surface area (Å²) in [6.45, 7) is 2.45. The number of H-pyrrole nitrogens is 1. The number of fused-ring (bicyclic) bond motifs is 1. The van der Waals surface area contributed by atoms with Crippen molar-refractivity contribution >= 4 is 17.3 Å². The van der Waals surface area contributed by atoms with Crippen LogP contribution >= 0.6 is 0 Å². The number of carbonyl (C=O) groups is 1. The van der Waals surface area contributed by atoms with E-state index in [0.717, 1.165) is 36.3 Å². The van der Waals surface area contributed by atoms with Crippen LogP contribution in [-0.4, -0.2) is 22.6 Å². The minimum atomic E-state index is 0.116. The number of aryl methyl sites for hydroxylation is 1. The fraction of sp³-hybridized carbons (Fsp3) is 0.190. The van der Waals surface area contributed by atoms with E-state index in [-0.39, 0.29) is 5.91 Å². The number of nitrogen functional groups attached to an aromatic ring is 1. The normalized spacial score (nSPS) is 12.4. The third kappa shape index (κ3) is 4.33. The average Bonchev–Trinajstić information content (AvgIpc) is 3.23. The molecule has 0 unspecified atom stereocenters. The lowest BCUT2D eigenvalue weighted by molar-refractivity contribution is -0.116. The first-order valence-corrected chi connectivity index (χ1v) is 8.75. The Labute approximate surface area is 158 Å². The number of nitrogens with one attached hydrogen (secondary N) is 1. The van der Waals surface area contributed by atoms with Gasteiger partial charge < -0.3 is 10.6 Å². The van der Waals surface area contributed by atoms with Crippen molar-refractivity contribution in [3.05, 3.63) is 65.9 Å². The molecule has 27 heavy (non-hydrogen) atoms. The second kappa shape index (κ2) is 8.19. The molecule has 1 aliphatic rings. The number of hydrogen-bond donors (Lipinski definition) is 2. The lowest BCUT2D eigenvalue weighted by Crippen LogP contribution is -2.33. The summed E-state index contributed by atoms with van der Waals surface area (Å²) in [6.07, 6.45) is 3.80. The van der Waals surface area contributed by atoms with E-state index >= 15 is 0 Å². The van der Waals surface area contributed by atoms with Crippen LogP contribution in [0.25, 0.3) is 11.3 Å². The number of anilines is 2. The number of carbonyl (C=O) groups excluding carboxylic acids is 1. The molecule has 0 fully saturated rings. The van der Waals surface area contributed by atoms with Gasteiger partial charge >= 0.3 is 0 Å². The zero-order valence-electron chi connectivity index (χ0n) is 15.1. The molecule has 6 nitrogen and oxygen atoms in total. The quantitative estimate of drug-likeness (QED) is 0.649. The van der Waals surface area contributed by atoms with Crippen molar-refractivity contribution in [2.75, 3.05) is 17.2 Å².